The lowest BCUT2D eigenvalue weighted by atomic mass is 9.86. The average molecular weight is 333 g/mol. The first-order valence-corrected chi connectivity index (χ1v) is 7.62. The molecule has 2 aromatic carbocycles. The fourth-order valence-electron chi connectivity index (χ4n) is 1.94. The minimum atomic E-state index is 0.125. The maximum absolute atomic E-state index is 6.05. The molecule has 0 bridgehead atoms. The largest absolute Gasteiger partial charge is 0.457 e. The van der Waals surface area contributed by atoms with Crippen molar-refractivity contribution in [1.82, 2.24) is 0 Å². The third-order valence-corrected chi connectivity index (χ3v) is 4.28. The van der Waals surface area contributed by atoms with Crippen LogP contribution in [0.4, 0.5) is 0 Å². The summed E-state index contributed by atoms with van der Waals surface area (Å²) in [4.78, 5) is 0. The van der Waals surface area contributed by atoms with Gasteiger partial charge in [-0.25, -0.2) is 0 Å². The molecule has 0 aliphatic heterocycles. The summed E-state index contributed by atoms with van der Waals surface area (Å²) in [6.45, 7) is 10.8. The molecule has 2 heteroatoms. The van der Waals surface area contributed by atoms with Gasteiger partial charge in [-0.05, 0) is 54.2 Å². The van der Waals surface area contributed by atoms with E-state index < -0.39 is 0 Å². The Hall–Kier alpha value is -1.28. The van der Waals surface area contributed by atoms with Crippen LogP contribution >= 0.6 is 15.9 Å². The molecule has 0 aliphatic rings. The van der Waals surface area contributed by atoms with Gasteiger partial charge in [-0.2, -0.15) is 0 Å². The van der Waals surface area contributed by atoms with E-state index in [2.05, 4.69) is 74.8 Å². The molecule has 0 radical (unpaired) electrons. The minimum absolute atomic E-state index is 0.125. The summed E-state index contributed by atoms with van der Waals surface area (Å²) in [7, 11) is 0. The zero-order valence-corrected chi connectivity index (χ0v) is 14.3. The van der Waals surface area contributed by atoms with Gasteiger partial charge in [0.15, 0.2) is 0 Å². The van der Waals surface area contributed by atoms with Gasteiger partial charge in [0.1, 0.15) is 11.5 Å². The lowest BCUT2D eigenvalue weighted by Crippen LogP contribution is -2.11. The van der Waals surface area contributed by atoms with E-state index in [9.17, 15) is 0 Å². The van der Waals surface area contributed by atoms with Crippen molar-refractivity contribution in [2.24, 2.45) is 0 Å². The van der Waals surface area contributed by atoms with Crippen molar-refractivity contribution in [2.75, 3.05) is 0 Å². The molecule has 106 valence electrons. The first kappa shape index (κ1) is 15.1. The monoisotopic (exact) mass is 332 g/mol. The molecule has 0 N–H and O–H groups in total. The highest BCUT2D eigenvalue weighted by atomic mass is 79.9. The van der Waals surface area contributed by atoms with Crippen LogP contribution in [0.15, 0.2) is 40.9 Å². The Bertz CT molecular complexity index is 624. The summed E-state index contributed by atoms with van der Waals surface area (Å²) in [6.07, 6.45) is 0. The first-order chi connectivity index (χ1) is 9.27. The van der Waals surface area contributed by atoms with Crippen molar-refractivity contribution in [3.8, 4) is 11.5 Å². The molecule has 0 aromatic heterocycles. The smallest absolute Gasteiger partial charge is 0.130 e. The predicted octanol–water partition coefficient (Wildman–Crippen LogP) is 6.16. The molecule has 2 aromatic rings. The van der Waals surface area contributed by atoms with Gasteiger partial charge >= 0.3 is 0 Å². The summed E-state index contributed by atoms with van der Waals surface area (Å²) < 4.78 is 7.12. The van der Waals surface area contributed by atoms with Crippen molar-refractivity contribution in [3.63, 3.8) is 0 Å². The summed E-state index contributed by atoms with van der Waals surface area (Å²) in [5.74, 6) is 1.78. The van der Waals surface area contributed by atoms with E-state index in [1.807, 2.05) is 12.1 Å². The van der Waals surface area contributed by atoms with Crippen LogP contribution in [0, 0.1) is 13.8 Å². The minimum Gasteiger partial charge on any atom is -0.457 e. The van der Waals surface area contributed by atoms with Crippen molar-refractivity contribution in [1.29, 1.82) is 0 Å². The van der Waals surface area contributed by atoms with E-state index >= 15 is 0 Å². The Labute approximate surface area is 130 Å². The molecule has 0 amide bonds. The third kappa shape index (κ3) is 3.43. The number of benzene rings is 2. The van der Waals surface area contributed by atoms with Crippen molar-refractivity contribution in [3.05, 3.63) is 57.6 Å². The molecule has 0 atom stereocenters. The van der Waals surface area contributed by atoms with Gasteiger partial charge in [0, 0.05) is 4.47 Å². The molecule has 0 saturated carbocycles. The fourth-order valence-corrected chi connectivity index (χ4v) is 2.30. The second kappa shape index (κ2) is 5.61. The number of ether oxygens (including phenoxy) is 1. The van der Waals surface area contributed by atoms with E-state index in [-0.39, 0.29) is 5.41 Å². The van der Waals surface area contributed by atoms with Crippen molar-refractivity contribution >= 4 is 15.9 Å². The van der Waals surface area contributed by atoms with Crippen LogP contribution in [0.3, 0.4) is 0 Å². The standard InChI is InChI=1S/C18H21BrO/c1-12-7-9-15(11-16(12)19)20-17-10-14(18(3,4)5)8-6-13(17)2/h6-11H,1-5H3. The zero-order valence-electron chi connectivity index (χ0n) is 12.8. The highest BCUT2D eigenvalue weighted by Crippen LogP contribution is 2.32. The average Bonchev–Trinajstić information content (AvgIpc) is 2.35. The highest BCUT2D eigenvalue weighted by Gasteiger charge is 2.15. The van der Waals surface area contributed by atoms with Gasteiger partial charge in [0.05, 0.1) is 0 Å². The second-order valence-corrected chi connectivity index (χ2v) is 7.10. The van der Waals surface area contributed by atoms with Gasteiger partial charge in [-0.3, -0.25) is 0 Å². The molecule has 20 heavy (non-hydrogen) atoms. The van der Waals surface area contributed by atoms with Crippen LogP contribution in [0.25, 0.3) is 0 Å². The zero-order chi connectivity index (χ0) is 14.9. The Morgan fingerprint density at radius 2 is 1.55 bits per heavy atom. The van der Waals surface area contributed by atoms with Gasteiger partial charge < -0.3 is 4.74 Å². The number of halogens is 1. The Morgan fingerprint density at radius 3 is 2.15 bits per heavy atom. The molecular weight excluding hydrogens is 312 g/mol. The maximum atomic E-state index is 6.05. The second-order valence-electron chi connectivity index (χ2n) is 6.24. The summed E-state index contributed by atoms with van der Waals surface area (Å²) in [5.41, 5.74) is 3.76. The Balaban J connectivity index is 2.35. The van der Waals surface area contributed by atoms with Gasteiger partial charge in [0.25, 0.3) is 0 Å². The van der Waals surface area contributed by atoms with E-state index in [1.165, 1.54) is 11.1 Å². The molecule has 1 nitrogen and oxygen atoms in total. The molecule has 0 aliphatic carbocycles. The van der Waals surface area contributed by atoms with Crippen LogP contribution in [-0.2, 0) is 5.41 Å². The van der Waals surface area contributed by atoms with Crippen LogP contribution in [0.5, 0.6) is 11.5 Å². The van der Waals surface area contributed by atoms with E-state index in [4.69, 9.17) is 4.74 Å². The molecule has 2 rings (SSSR count). The summed E-state index contributed by atoms with van der Waals surface area (Å²) >= 11 is 3.54. The van der Waals surface area contributed by atoms with Gasteiger partial charge in [-0.1, -0.05) is 54.9 Å². The Morgan fingerprint density at radius 1 is 0.900 bits per heavy atom. The normalized spacial score (nSPS) is 11.5. The summed E-state index contributed by atoms with van der Waals surface area (Å²) in [6, 6.07) is 12.5. The number of hydrogen-bond acceptors (Lipinski definition) is 1. The molecule has 0 saturated heterocycles. The predicted molar refractivity (Wildman–Crippen MR) is 88.8 cm³/mol. The van der Waals surface area contributed by atoms with Crippen LogP contribution in [0.1, 0.15) is 37.5 Å². The quantitative estimate of drug-likeness (QED) is 0.640. The highest BCUT2D eigenvalue weighted by molar-refractivity contribution is 9.10. The first-order valence-electron chi connectivity index (χ1n) is 6.82. The van der Waals surface area contributed by atoms with Crippen molar-refractivity contribution < 1.29 is 4.74 Å². The molecule has 0 spiro atoms. The van der Waals surface area contributed by atoms with Crippen LogP contribution in [0.2, 0.25) is 0 Å². The maximum Gasteiger partial charge on any atom is 0.130 e. The number of rotatable bonds is 2. The molecule has 0 fully saturated rings. The number of aryl methyl sites for hydroxylation is 2. The Kier molecular flexibility index (Phi) is 4.24. The van der Waals surface area contributed by atoms with E-state index in [0.29, 0.717) is 0 Å². The number of hydrogen-bond donors (Lipinski definition) is 0. The summed E-state index contributed by atoms with van der Waals surface area (Å²) in [5, 5.41) is 0. The van der Waals surface area contributed by atoms with E-state index in [1.54, 1.807) is 0 Å². The van der Waals surface area contributed by atoms with Crippen molar-refractivity contribution in [2.45, 2.75) is 40.0 Å². The third-order valence-electron chi connectivity index (χ3n) is 3.43. The topological polar surface area (TPSA) is 9.23 Å². The van der Waals surface area contributed by atoms with Crippen LogP contribution in [-0.4, -0.2) is 0 Å². The lowest BCUT2D eigenvalue weighted by Gasteiger charge is -2.21. The fraction of sp³-hybridized carbons (Fsp3) is 0.333. The van der Waals surface area contributed by atoms with Crippen LogP contribution < -0.4 is 4.74 Å². The SMILES string of the molecule is Cc1ccc(Oc2cc(C(C)(C)C)ccc2C)cc1Br. The van der Waals surface area contributed by atoms with Gasteiger partial charge in [-0.15, -0.1) is 0 Å². The molecular formula is C18H21BrO. The van der Waals surface area contributed by atoms with Gasteiger partial charge in [0.2, 0.25) is 0 Å². The molecule has 0 unspecified atom stereocenters. The lowest BCUT2D eigenvalue weighted by molar-refractivity contribution is 0.474. The van der Waals surface area contributed by atoms with E-state index in [0.717, 1.165) is 21.5 Å². The molecule has 0 heterocycles.